The van der Waals surface area contributed by atoms with E-state index in [-0.39, 0.29) is 5.91 Å². The van der Waals surface area contributed by atoms with Crippen molar-refractivity contribution in [1.29, 1.82) is 0 Å². The number of nitrogens with zero attached hydrogens (tertiary/aromatic N) is 2. The lowest BCUT2D eigenvalue weighted by Gasteiger charge is -2.33. The molecule has 2 aliphatic rings. The normalized spacial score (nSPS) is 25.5. The largest absolute Gasteiger partial charge is 0.451 e. The molecule has 3 heterocycles. The molecule has 5 nitrogen and oxygen atoms in total. The molecule has 1 aromatic heterocycles. The van der Waals surface area contributed by atoms with E-state index < -0.39 is 0 Å². The zero-order valence-electron chi connectivity index (χ0n) is 13.7. The first-order chi connectivity index (χ1) is 11.6. The van der Waals surface area contributed by atoms with E-state index >= 15 is 0 Å². The number of hydrogen-bond donors (Lipinski definition) is 0. The van der Waals surface area contributed by atoms with Gasteiger partial charge in [0.15, 0.2) is 5.76 Å². The van der Waals surface area contributed by atoms with Gasteiger partial charge in [-0.15, -0.1) is 0 Å². The van der Waals surface area contributed by atoms with E-state index in [1.807, 2.05) is 11.0 Å². The van der Waals surface area contributed by atoms with Crippen molar-refractivity contribution < 1.29 is 13.9 Å². The van der Waals surface area contributed by atoms with E-state index in [0.717, 1.165) is 44.8 Å². The Balaban J connectivity index is 1.51. The number of likely N-dealkylation sites (tertiary alicyclic amines) is 1. The Labute approximate surface area is 146 Å². The van der Waals surface area contributed by atoms with Crippen molar-refractivity contribution in [1.82, 2.24) is 9.80 Å². The fraction of sp³-hybridized carbons (Fsp3) is 0.500. The second-order valence-electron chi connectivity index (χ2n) is 6.70. The number of ether oxygens (including phenoxy) is 1. The maximum Gasteiger partial charge on any atom is 0.289 e. The molecule has 0 radical (unpaired) electrons. The summed E-state index contributed by atoms with van der Waals surface area (Å²) in [5, 5.41) is 1.51. The summed E-state index contributed by atoms with van der Waals surface area (Å²) in [7, 11) is 0. The number of fused-ring (bicyclic) bond motifs is 1. The molecule has 2 saturated heterocycles. The van der Waals surface area contributed by atoms with Gasteiger partial charge in [-0.1, -0.05) is 18.5 Å². The summed E-state index contributed by atoms with van der Waals surface area (Å²) < 4.78 is 11.2. The van der Waals surface area contributed by atoms with Gasteiger partial charge in [-0.05, 0) is 30.2 Å². The van der Waals surface area contributed by atoms with E-state index in [2.05, 4.69) is 11.8 Å². The number of carbonyl (C=O) groups is 1. The van der Waals surface area contributed by atoms with Crippen molar-refractivity contribution in [3.05, 3.63) is 35.0 Å². The summed E-state index contributed by atoms with van der Waals surface area (Å²) in [6.45, 7) is 7.17. The number of furan rings is 1. The van der Waals surface area contributed by atoms with Crippen LogP contribution in [0.1, 0.15) is 17.5 Å². The van der Waals surface area contributed by atoms with Crippen LogP contribution in [0.2, 0.25) is 5.02 Å². The molecule has 0 bridgehead atoms. The summed E-state index contributed by atoms with van der Waals surface area (Å²) in [6.07, 6.45) is 0. The van der Waals surface area contributed by atoms with E-state index in [0.29, 0.717) is 28.3 Å². The Morgan fingerprint density at radius 3 is 2.79 bits per heavy atom. The van der Waals surface area contributed by atoms with Crippen molar-refractivity contribution >= 4 is 28.5 Å². The Morgan fingerprint density at radius 1 is 1.21 bits per heavy atom. The molecular weight excluding hydrogens is 328 g/mol. The van der Waals surface area contributed by atoms with Crippen molar-refractivity contribution in [2.24, 2.45) is 5.92 Å². The number of carbonyl (C=O) groups excluding carboxylic acids is 1. The monoisotopic (exact) mass is 348 g/mol. The van der Waals surface area contributed by atoms with Gasteiger partial charge in [0.25, 0.3) is 5.91 Å². The van der Waals surface area contributed by atoms with Gasteiger partial charge in [-0.25, -0.2) is 0 Å². The van der Waals surface area contributed by atoms with Gasteiger partial charge in [-0.3, -0.25) is 9.69 Å². The van der Waals surface area contributed by atoms with E-state index in [9.17, 15) is 4.79 Å². The zero-order valence-corrected chi connectivity index (χ0v) is 14.5. The van der Waals surface area contributed by atoms with Crippen molar-refractivity contribution in [2.75, 3.05) is 39.4 Å². The molecule has 24 heavy (non-hydrogen) atoms. The number of rotatable bonds is 2. The van der Waals surface area contributed by atoms with Gasteiger partial charge in [0.1, 0.15) is 5.58 Å². The second-order valence-corrected chi connectivity index (χ2v) is 7.13. The number of amides is 1. The minimum Gasteiger partial charge on any atom is -0.451 e. The standard InChI is InChI=1S/C18H21ClN2O3/c1-12-10-21(11-15(12)20-4-6-23-7-5-20)18(22)17-9-13-8-14(19)2-3-16(13)24-17/h2-3,8-9,12,15H,4-7,10-11H2,1H3. The molecule has 0 spiro atoms. The minimum atomic E-state index is -0.0371. The van der Waals surface area contributed by atoms with Crippen LogP contribution >= 0.6 is 11.6 Å². The third-order valence-electron chi connectivity index (χ3n) is 5.06. The number of benzene rings is 1. The highest BCUT2D eigenvalue weighted by Gasteiger charge is 2.37. The number of hydrogen-bond acceptors (Lipinski definition) is 4. The number of morpholine rings is 1. The topological polar surface area (TPSA) is 45.9 Å². The Bertz CT molecular complexity index is 754. The predicted molar refractivity (Wildman–Crippen MR) is 92.5 cm³/mol. The first kappa shape index (κ1) is 15.9. The lowest BCUT2D eigenvalue weighted by molar-refractivity contribution is 0.0119. The fourth-order valence-corrected chi connectivity index (χ4v) is 3.96. The van der Waals surface area contributed by atoms with Crippen LogP contribution in [0.25, 0.3) is 11.0 Å². The Morgan fingerprint density at radius 2 is 2.00 bits per heavy atom. The zero-order chi connectivity index (χ0) is 16.7. The third-order valence-corrected chi connectivity index (χ3v) is 5.30. The molecule has 2 fully saturated rings. The third kappa shape index (κ3) is 2.92. The van der Waals surface area contributed by atoms with Crippen LogP contribution in [-0.2, 0) is 4.74 Å². The minimum absolute atomic E-state index is 0.0371. The molecule has 4 rings (SSSR count). The average molecular weight is 349 g/mol. The van der Waals surface area contributed by atoms with Gasteiger partial charge < -0.3 is 14.1 Å². The van der Waals surface area contributed by atoms with Crippen molar-refractivity contribution in [3.63, 3.8) is 0 Å². The van der Waals surface area contributed by atoms with Gasteiger partial charge in [0.05, 0.1) is 13.2 Å². The van der Waals surface area contributed by atoms with Crippen LogP contribution < -0.4 is 0 Å². The lowest BCUT2D eigenvalue weighted by Crippen LogP contribution is -2.47. The summed E-state index contributed by atoms with van der Waals surface area (Å²) in [4.78, 5) is 17.2. The van der Waals surface area contributed by atoms with Crippen LogP contribution in [0.15, 0.2) is 28.7 Å². The summed E-state index contributed by atoms with van der Waals surface area (Å²) in [6, 6.07) is 7.58. The highest BCUT2D eigenvalue weighted by molar-refractivity contribution is 6.31. The molecule has 6 heteroatoms. The Hall–Kier alpha value is -1.56. The number of halogens is 1. The predicted octanol–water partition coefficient (Wildman–Crippen LogP) is 2.88. The SMILES string of the molecule is CC1CN(C(=O)c2cc3cc(Cl)ccc3o2)CC1N1CCOCC1. The maximum atomic E-state index is 12.8. The molecular formula is C18H21ClN2O3. The average Bonchev–Trinajstić information content (AvgIpc) is 3.18. The quantitative estimate of drug-likeness (QED) is 0.837. The van der Waals surface area contributed by atoms with Crippen molar-refractivity contribution in [2.45, 2.75) is 13.0 Å². The molecule has 0 saturated carbocycles. The second kappa shape index (κ2) is 6.39. The highest BCUT2D eigenvalue weighted by atomic mass is 35.5. The molecule has 2 aliphatic heterocycles. The van der Waals surface area contributed by atoms with Crippen LogP contribution in [0, 0.1) is 5.92 Å². The molecule has 128 valence electrons. The maximum absolute atomic E-state index is 12.8. The van der Waals surface area contributed by atoms with Gasteiger partial charge in [0.2, 0.25) is 0 Å². The smallest absolute Gasteiger partial charge is 0.289 e. The molecule has 2 atom stereocenters. The molecule has 1 aromatic carbocycles. The molecule has 2 aromatic rings. The summed E-state index contributed by atoms with van der Waals surface area (Å²) in [5.41, 5.74) is 0.694. The summed E-state index contributed by atoms with van der Waals surface area (Å²) >= 11 is 6.01. The molecule has 1 amide bonds. The Kier molecular flexibility index (Phi) is 4.24. The van der Waals surface area contributed by atoms with E-state index in [4.69, 9.17) is 20.8 Å². The van der Waals surface area contributed by atoms with E-state index in [1.54, 1.807) is 18.2 Å². The van der Waals surface area contributed by atoms with E-state index in [1.165, 1.54) is 0 Å². The van der Waals surface area contributed by atoms with Crippen LogP contribution in [0.4, 0.5) is 0 Å². The summed E-state index contributed by atoms with van der Waals surface area (Å²) in [5.74, 6) is 0.804. The first-order valence-corrected chi connectivity index (χ1v) is 8.80. The molecule has 2 unspecified atom stereocenters. The fourth-order valence-electron chi connectivity index (χ4n) is 3.78. The van der Waals surface area contributed by atoms with Crippen LogP contribution in [-0.4, -0.2) is 61.1 Å². The van der Waals surface area contributed by atoms with Gasteiger partial charge in [-0.2, -0.15) is 0 Å². The van der Waals surface area contributed by atoms with Gasteiger partial charge in [0, 0.05) is 42.6 Å². The van der Waals surface area contributed by atoms with Gasteiger partial charge >= 0.3 is 0 Å². The molecule has 0 N–H and O–H groups in total. The van der Waals surface area contributed by atoms with Crippen molar-refractivity contribution in [3.8, 4) is 0 Å². The highest BCUT2D eigenvalue weighted by Crippen LogP contribution is 2.27. The van der Waals surface area contributed by atoms with Crippen LogP contribution in [0.3, 0.4) is 0 Å². The first-order valence-electron chi connectivity index (χ1n) is 8.42. The lowest BCUT2D eigenvalue weighted by atomic mass is 10.0. The molecule has 0 aliphatic carbocycles. The van der Waals surface area contributed by atoms with Crippen LogP contribution in [0.5, 0.6) is 0 Å².